The van der Waals surface area contributed by atoms with Crippen molar-refractivity contribution in [2.75, 3.05) is 5.73 Å². The van der Waals surface area contributed by atoms with E-state index in [0.29, 0.717) is 34.4 Å². The first kappa shape index (κ1) is 16.9. The van der Waals surface area contributed by atoms with Gasteiger partial charge in [0.1, 0.15) is 16.5 Å². The van der Waals surface area contributed by atoms with Crippen molar-refractivity contribution in [2.45, 2.75) is 24.1 Å². The Morgan fingerprint density at radius 3 is 2.88 bits per heavy atom. The summed E-state index contributed by atoms with van der Waals surface area (Å²) in [6.07, 6.45) is 0. The largest absolute Gasteiger partial charge is 0.384 e. The molecule has 0 aliphatic rings. The third kappa shape index (κ3) is 3.25. The third-order valence-electron chi connectivity index (χ3n) is 4.01. The number of H-pyrrole nitrogens is 1. The van der Waals surface area contributed by atoms with Gasteiger partial charge in [-0.05, 0) is 18.6 Å². The number of nitrogens with zero attached hydrogens (tertiary/aromatic N) is 5. The number of nitrogens with two attached hydrogens (primary N) is 1. The number of aromatic nitrogens is 6. The average Bonchev–Trinajstić information content (AvgIpc) is 3.19. The number of anilines is 1. The molecule has 0 spiro atoms. The van der Waals surface area contributed by atoms with Gasteiger partial charge in [0.2, 0.25) is 0 Å². The Morgan fingerprint density at radius 1 is 1.27 bits per heavy atom. The average molecular weight is 386 g/mol. The van der Waals surface area contributed by atoms with E-state index >= 15 is 0 Å². The number of hydrogen-bond acceptors (Lipinski definition) is 6. The number of thioether (sulfide) groups is 1. The van der Waals surface area contributed by atoms with Crippen molar-refractivity contribution in [2.24, 2.45) is 0 Å². The maximum Gasteiger partial charge on any atom is 0.179 e. The van der Waals surface area contributed by atoms with Gasteiger partial charge in [0.05, 0.1) is 12.2 Å². The van der Waals surface area contributed by atoms with E-state index < -0.39 is 0 Å². The maximum absolute atomic E-state index is 6.59. The molecule has 0 saturated carbocycles. The maximum atomic E-state index is 6.59. The Hall–Kier alpha value is -2.58. The number of fused-ring (bicyclic) bond motifs is 1. The lowest BCUT2D eigenvalue weighted by Crippen LogP contribution is -2.01. The summed E-state index contributed by atoms with van der Waals surface area (Å²) in [5.74, 6) is 1.08. The van der Waals surface area contributed by atoms with Crippen LogP contribution in [-0.2, 0) is 12.3 Å². The van der Waals surface area contributed by atoms with Crippen LogP contribution in [0.2, 0.25) is 5.15 Å². The number of benzene rings is 1. The van der Waals surface area contributed by atoms with E-state index in [9.17, 15) is 0 Å². The summed E-state index contributed by atoms with van der Waals surface area (Å²) in [4.78, 5) is 5.09. The predicted octanol–water partition coefficient (Wildman–Crippen LogP) is 3.43. The molecule has 132 valence electrons. The normalized spacial score (nSPS) is 11.3. The van der Waals surface area contributed by atoms with Crippen molar-refractivity contribution in [1.82, 2.24) is 30.2 Å². The number of rotatable bonds is 5. The van der Waals surface area contributed by atoms with Crippen LogP contribution in [-0.4, -0.2) is 30.2 Å². The van der Waals surface area contributed by atoms with Crippen molar-refractivity contribution in [3.63, 3.8) is 0 Å². The van der Waals surface area contributed by atoms with Crippen LogP contribution in [0.3, 0.4) is 0 Å². The van der Waals surface area contributed by atoms with Gasteiger partial charge in [0.25, 0.3) is 0 Å². The molecule has 3 N–H and O–H groups in total. The molecule has 0 radical (unpaired) electrons. The topological polar surface area (TPSA) is 98.3 Å². The van der Waals surface area contributed by atoms with E-state index in [-0.39, 0.29) is 0 Å². The van der Waals surface area contributed by atoms with Crippen LogP contribution >= 0.6 is 23.4 Å². The fourth-order valence-electron chi connectivity index (χ4n) is 2.71. The third-order valence-corrected chi connectivity index (χ3v) is 5.49. The summed E-state index contributed by atoms with van der Waals surface area (Å²) in [5.41, 5.74) is 10.2. The molecule has 4 aromatic rings. The van der Waals surface area contributed by atoms with E-state index in [0.717, 1.165) is 21.7 Å². The zero-order chi connectivity index (χ0) is 18.1. The summed E-state index contributed by atoms with van der Waals surface area (Å²) in [6.45, 7) is 2.61. The van der Waals surface area contributed by atoms with Crippen LogP contribution in [0.25, 0.3) is 11.2 Å². The zero-order valence-electron chi connectivity index (χ0n) is 14.0. The molecule has 0 bridgehead atoms. The molecule has 9 heteroatoms. The van der Waals surface area contributed by atoms with Gasteiger partial charge in [-0.25, -0.2) is 14.8 Å². The molecule has 0 atom stereocenters. The lowest BCUT2D eigenvalue weighted by atomic mass is 10.2. The molecular weight excluding hydrogens is 370 g/mol. The summed E-state index contributed by atoms with van der Waals surface area (Å²) < 4.78 is 1.83. The van der Waals surface area contributed by atoms with Crippen molar-refractivity contribution in [3.05, 3.63) is 58.4 Å². The predicted molar refractivity (Wildman–Crippen MR) is 103 cm³/mol. The highest BCUT2D eigenvalue weighted by Crippen LogP contribution is 2.32. The van der Waals surface area contributed by atoms with Crippen molar-refractivity contribution < 1.29 is 0 Å². The van der Waals surface area contributed by atoms with Gasteiger partial charge >= 0.3 is 0 Å². The highest BCUT2D eigenvalue weighted by Gasteiger charge is 2.16. The van der Waals surface area contributed by atoms with Gasteiger partial charge in [0.15, 0.2) is 5.65 Å². The molecular formula is C17H16ClN7S. The fourth-order valence-corrected chi connectivity index (χ4v) is 4.21. The second-order valence-electron chi connectivity index (χ2n) is 5.84. The number of halogens is 1. The molecule has 0 saturated heterocycles. The number of aromatic amines is 1. The summed E-state index contributed by atoms with van der Waals surface area (Å²) in [5, 5.41) is 15.9. The van der Waals surface area contributed by atoms with Gasteiger partial charge in [-0.2, -0.15) is 5.10 Å². The highest BCUT2D eigenvalue weighted by atomic mass is 35.5. The van der Waals surface area contributed by atoms with Crippen LogP contribution in [0.1, 0.15) is 16.8 Å². The van der Waals surface area contributed by atoms with Crippen molar-refractivity contribution in [1.29, 1.82) is 0 Å². The Labute approximate surface area is 159 Å². The van der Waals surface area contributed by atoms with Gasteiger partial charge in [0, 0.05) is 16.2 Å². The van der Waals surface area contributed by atoms with Crippen molar-refractivity contribution >= 4 is 40.3 Å². The van der Waals surface area contributed by atoms with Crippen LogP contribution < -0.4 is 5.73 Å². The molecule has 1 aromatic carbocycles. The Kier molecular flexibility index (Phi) is 4.52. The molecule has 7 nitrogen and oxygen atoms in total. The van der Waals surface area contributed by atoms with Crippen LogP contribution in [0.15, 0.2) is 41.3 Å². The summed E-state index contributed by atoms with van der Waals surface area (Å²) in [7, 11) is 0. The van der Waals surface area contributed by atoms with E-state index in [4.69, 9.17) is 17.3 Å². The molecule has 0 unspecified atom stereocenters. The minimum absolute atomic E-state index is 0.425. The standard InChI is InChI=1S/C17H16ClN7S/c1-10-12(16(18)25(23-10)8-11-5-3-2-4-6-11)9-26-13-7-14(19)20-17-15(13)21-24-22-17/h2-7H,8-9H2,1H3,(H3,19,20,21,22,24). The van der Waals surface area contributed by atoms with Gasteiger partial charge < -0.3 is 5.73 Å². The summed E-state index contributed by atoms with van der Waals surface area (Å²) in [6, 6.07) is 11.9. The lowest BCUT2D eigenvalue weighted by molar-refractivity contribution is 0.680. The fraction of sp³-hybridized carbons (Fsp3) is 0.176. The van der Waals surface area contributed by atoms with E-state index in [1.165, 1.54) is 0 Å². The first-order valence-corrected chi connectivity index (χ1v) is 9.34. The van der Waals surface area contributed by atoms with Gasteiger partial charge in [-0.15, -0.1) is 16.9 Å². The molecule has 4 rings (SSSR count). The zero-order valence-corrected chi connectivity index (χ0v) is 15.6. The minimum Gasteiger partial charge on any atom is -0.384 e. The van der Waals surface area contributed by atoms with Crippen molar-refractivity contribution in [3.8, 4) is 0 Å². The van der Waals surface area contributed by atoms with Gasteiger partial charge in [-0.3, -0.25) is 0 Å². The number of nitrogens with one attached hydrogen (secondary N) is 1. The second kappa shape index (κ2) is 6.97. The second-order valence-corrected chi connectivity index (χ2v) is 7.22. The van der Waals surface area contributed by atoms with Gasteiger partial charge in [-0.1, -0.05) is 47.1 Å². The number of aryl methyl sites for hydroxylation is 1. The monoisotopic (exact) mass is 385 g/mol. The molecule has 0 aliphatic carbocycles. The van der Waals surface area contributed by atoms with Crippen LogP contribution in [0.5, 0.6) is 0 Å². The molecule has 0 amide bonds. The molecule has 0 fully saturated rings. The minimum atomic E-state index is 0.425. The quantitative estimate of drug-likeness (QED) is 0.510. The van der Waals surface area contributed by atoms with E-state index in [1.54, 1.807) is 17.8 Å². The van der Waals surface area contributed by atoms with Crippen LogP contribution in [0, 0.1) is 6.92 Å². The Morgan fingerprint density at radius 2 is 2.08 bits per heavy atom. The molecule has 0 aliphatic heterocycles. The number of pyridine rings is 1. The Bertz CT molecular complexity index is 1060. The Balaban J connectivity index is 1.58. The van der Waals surface area contributed by atoms with E-state index in [1.807, 2.05) is 29.8 Å². The molecule has 3 aromatic heterocycles. The SMILES string of the molecule is Cc1nn(Cc2ccccc2)c(Cl)c1CSc1cc(N)nc2[nH]nnc12. The van der Waals surface area contributed by atoms with Crippen LogP contribution in [0.4, 0.5) is 5.82 Å². The molecule has 3 heterocycles. The summed E-state index contributed by atoms with van der Waals surface area (Å²) >= 11 is 8.18. The number of nitrogen functional groups attached to an aromatic ring is 1. The van der Waals surface area contributed by atoms with E-state index in [2.05, 4.69) is 37.6 Å². The number of hydrogen-bond donors (Lipinski definition) is 2. The molecule has 26 heavy (non-hydrogen) atoms. The smallest absolute Gasteiger partial charge is 0.179 e. The first-order valence-electron chi connectivity index (χ1n) is 7.97. The first-order chi connectivity index (χ1) is 12.6. The highest BCUT2D eigenvalue weighted by molar-refractivity contribution is 7.98. The lowest BCUT2D eigenvalue weighted by Gasteiger charge is -2.05.